The number of halogens is 2. The number of nitro groups is 1. The van der Waals surface area contributed by atoms with Gasteiger partial charge in [-0.2, -0.15) is 0 Å². The van der Waals surface area contributed by atoms with Crippen molar-refractivity contribution in [2.45, 2.75) is 33.2 Å². The van der Waals surface area contributed by atoms with Crippen molar-refractivity contribution in [3.63, 3.8) is 0 Å². The van der Waals surface area contributed by atoms with Crippen LogP contribution >= 0.6 is 27.5 Å². The molecule has 0 saturated carbocycles. The quantitative estimate of drug-likeness (QED) is 0.448. The first kappa shape index (κ1) is 16.2. The molecule has 0 aliphatic rings. The Bertz CT molecular complexity index is 530. The number of aromatic nitrogens is 1. The van der Waals surface area contributed by atoms with E-state index in [9.17, 15) is 14.9 Å². The van der Waals surface area contributed by atoms with Gasteiger partial charge in [0.05, 0.1) is 15.6 Å². The van der Waals surface area contributed by atoms with Gasteiger partial charge in [-0.05, 0) is 41.6 Å². The fraction of sp³-hybridized carbons (Fsp3) is 0.583. The van der Waals surface area contributed by atoms with Crippen LogP contribution in [0.25, 0.3) is 0 Å². The maximum atomic E-state index is 12.0. The van der Waals surface area contributed by atoms with E-state index in [1.165, 1.54) is 10.8 Å². The minimum absolute atomic E-state index is 0.0449. The summed E-state index contributed by atoms with van der Waals surface area (Å²) in [5.41, 5.74) is 0.0812. The van der Waals surface area contributed by atoms with Crippen molar-refractivity contribution in [3.8, 4) is 0 Å². The predicted molar refractivity (Wildman–Crippen MR) is 78.9 cm³/mol. The molecule has 0 aromatic carbocycles. The molecule has 0 bridgehead atoms. The molecular formula is C12H16BrClN2O3. The zero-order valence-electron chi connectivity index (χ0n) is 10.9. The monoisotopic (exact) mass is 350 g/mol. The second-order valence-corrected chi connectivity index (χ2v) is 5.75. The fourth-order valence-electron chi connectivity index (χ4n) is 1.74. The summed E-state index contributed by atoms with van der Waals surface area (Å²) in [7, 11) is 0. The summed E-state index contributed by atoms with van der Waals surface area (Å²) >= 11 is 8.78. The van der Waals surface area contributed by atoms with Crippen LogP contribution in [0.3, 0.4) is 0 Å². The van der Waals surface area contributed by atoms with Gasteiger partial charge < -0.3 is 4.57 Å². The maximum absolute atomic E-state index is 12.0. The molecule has 1 rings (SSSR count). The number of hydrogen-bond donors (Lipinski definition) is 0. The molecule has 1 aromatic rings. The summed E-state index contributed by atoms with van der Waals surface area (Å²) in [5, 5.41) is 10.9. The number of aryl methyl sites for hydroxylation is 1. The zero-order chi connectivity index (χ0) is 14.6. The van der Waals surface area contributed by atoms with Crippen LogP contribution in [0.4, 0.5) is 5.69 Å². The van der Waals surface area contributed by atoms with Crippen molar-refractivity contribution in [2.75, 3.05) is 5.88 Å². The van der Waals surface area contributed by atoms with Crippen molar-refractivity contribution in [3.05, 3.63) is 36.7 Å². The average Bonchev–Trinajstić information content (AvgIpc) is 2.35. The molecule has 1 unspecified atom stereocenters. The van der Waals surface area contributed by atoms with Crippen molar-refractivity contribution in [2.24, 2.45) is 5.92 Å². The van der Waals surface area contributed by atoms with Gasteiger partial charge in [-0.3, -0.25) is 14.9 Å². The summed E-state index contributed by atoms with van der Waals surface area (Å²) in [6.07, 6.45) is 2.94. The third kappa shape index (κ3) is 4.04. The highest BCUT2D eigenvalue weighted by atomic mass is 79.9. The Morgan fingerprint density at radius 3 is 2.68 bits per heavy atom. The molecule has 7 heteroatoms. The SMILES string of the molecule is Cc1c([N+](=O)[O-])cn(CCC(C)CCCl)c(=O)c1Br. The van der Waals surface area contributed by atoms with Gasteiger partial charge in [0.1, 0.15) is 0 Å². The van der Waals surface area contributed by atoms with E-state index in [4.69, 9.17) is 11.6 Å². The highest BCUT2D eigenvalue weighted by molar-refractivity contribution is 9.10. The van der Waals surface area contributed by atoms with Gasteiger partial charge >= 0.3 is 0 Å². The van der Waals surface area contributed by atoms with E-state index in [2.05, 4.69) is 15.9 Å². The van der Waals surface area contributed by atoms with Crippen molar-refractivity contribution >= 4 is 33.2 Å². The second kappa shape index (κ2) is 7.05. The van der Waals surface area contributed by atoms with E-state index in [1.807, 2.05) is 6.92 Å². The van der Waals surface area contributed by atoms with Crippen LogP contribution in [-0.4, -0.2) is 15.4 Å². The molecule has 0 amide bonds. The number of pyridine rings is 1. The lowest BCUT2D eigenvalue weighted by Gasteiger charge is -2.12. The molecule has 0 fully saturated rings. The van der Waals surface area contributed by atoms with Crippen LogP contribution in [0.1, 0.15) is 25.3 Å². The van der Waals surface area contributed by atoms with E-state index < -0.39 is 4.92 Å². The van der Waals surface area contributed by atoms with Crippen LogP contribution < -0.4 is 5.56 Å². The Kier molecular flexibility index (Phi) is 6.00. The lowest BCUT2D eigenvalue weighted by atomic mass is 10.1. The number of hydrogen-bond acceptors (Lipinski definition) is 3. The molecule has 106 valence electrons. The largest absolute Gasteiger partial charge is 0.308 e. The van der Waals surface area contributed by atoms with E-state index in [0.29, 0.717) is 23.9 Å². The van der Waals surface area contributed by atoms with E-state index >= 15 is 0 Å². The Morgan fingerprint density at radius 1 is 1.53 bits per heavy atom. The summed E-state index contributed by atoms with van der Waals surface area (Å²) in [5.74, 6) is 0.955. The lowest BCUT2D eigenvalue weighted by molar-refractivity contribution is -0.386. The van der Waals surface area contributed by atoms with E-state index in [-0.39, 0.29) is 15.7 Å². The third-order valence-corrected chi connectivity index (χ3v) is 4.25. The van der Waals surface area contributed by atoms with Gasteiger partial charge in [0.25, 0.3) is 11.2 Å². The van der Waals surface area contributed by atoms with Crippen LogP contribution in [0.15, 0.2) is 15.5 Å². The Balaban J connectivity index is 3.02. The molecule has 0 radical (unpaired) electrons. The number of alkyl halides is 1. The first-order chi connectivity index (χ1) is 8.88. The third-order valence-electron chi connectivity index (χ3n) is 3.10. The van der Waals surface area contributed by atoms with E-state index in [1.54, 1.807) is 6.92 Å². The van der Waals surface area contributed by atoms with E-state index in [0.717, 1.165) is 12.8 Å². The van der Waals surface area contributed by atoms with Gasteiger partial charge in [0.15, 0.2) is 0 Å². The van der Waals surface area contributed by atoms with Crippen LogP contribution in [0.5, 0.6) is 0 Å². The Morgan fingerprint density at radius 2 is 2.16 bits per heavy atom. The number of nitrogens with zero attached hydrogens (tertiary/aromatic N) is 2. The van der Waals surface area contributed by atoms with Crippen LogP contribution in [0.2, 0.25) is 0 Å². The molecular weight excluding hydrogens is 336 g/mol. The molecule has 1 heterocycles. The van der Waals surface area contributed by atoms with Gasteiger partial charge in [0, 0.05) is 18.0 Å². The van der Waals surface area contributed by atoms with Gasteiger partial charge in [-0.25, -0.2) is 0 Å². The fourth-order valence-corrected chi connectivity index (χ4v) is 2.55. The first-order valence-electron chi connectivity index (χ1n) is 5.98. The minimum Gasteiger partial charge on any atom is -0.308 e. The van der Waals surface area contributed by atoms with Gasteiger partial charge in [-0.1, -0.05) is 6.92 Å². The minimum atomic E-state index is -0.474. The first-order valence-corrected chi connectivity index (χ1v) is 7.31. The predicted octanol–water partition coefficient (Wildman–Crippen LogP) is 3.48. The maximum Gasteiger partial charge on any atom is 0.289 e. The Labute approximate surface area is 124 Å². The smallest absolute Gasteiger partial charge is 0.289 e. The van der Waals surface area contributed by atoms with Gasteiger partial charge in [0.2, 0.25) is 0 Å². The molecule has 0 saturated heterocycles. The summed E-state index contributed by atoms with van der Waals surface area (Å²) in [6.45, 7) is 4.06. The molecule has 0 aliphatic carbocycles. The van der Waals surface area contributed by atoms with Crippen molar-refractivity contribution < 1.29 is 4.92 Å². The standard InChI is InChI=1S/C12H16BrClN2O3/c1-8(3-5-14)4-6-15-7-10(16(18)19)9(2)11(13)12(15)17/h7-8H,3-6H2,1-2H3. The highest BCUT2D eigenvalue weighted by Gasteiger charge is 2.18. The topological polar surface area (TPSA) is 65.1 Å². The second-order valence-electron chi connectivity index (χ2n) is 4.58. The molecule has 0 N–H and O–H groups in total. The van der Waals surface area contributed by atoms with Crippen molar-refractivity contribution in [1.29, 1.82) is 0 Å². The van der Waals surface area contributed by atoms with Crippen LogP contribution in [0, 0.1) is 23.0 Å². The number of rotatable bonds is 6. The molecule has 19 heavy (non-hydrogen) atoms. The molecule has 0 aliphatic heterocycles. The Hall–Kier alpha value is -0.880. The molecule has 0 spiro atoms. The summed E-state index contributed by atoms with van der Waals surface area (Å²) < 4.78 is 1.65. The molecule has 5 nitrogen and oxygen atoms in total. The van der Waals surface area contributed by atoms with Crippen molar-refractivity contribution in [1.82, 2.24) is 4.57 Å². The average molecular weight is 352 g/mol. The molecule has 1 aromatic heterocycles. The van der Waals surface area contributed by atoms with Crippen LogP contribution in [-0.2, 0) is 6.54 Å². The summed E-state index contributed by atoms with van der Waals surface area (Å²) in [6, 6.07) is 0. The zero-order valence-corrected chi connectivity index (χ0v) is 13.2. The van der Waals surface area contributed by atoms with Gasteiger partial charge in [-0.15, -0.1) is 11.6 Å². The molecule has 1 atom stereocenters. The normalized spacial score (nSPS) is 12.4. The highest BCUT2D eigenvalue weighted by Crippen LogP contribution is 2.22. The summed E-state index contributed by atoms with van der Waals surface area (Å²) in [4.78, 5) is 22.5. The lowest BCUT2D eigenvalue weighted by Crippen LogP contribution is -2.23.